The molecule has 0 amide bonds. The van der Waals surface area contributed by atoms with Gasteiger partial charge in [0, 0.05) is 31.5 Å². The lowest BCUT2D eigenvalue weighted by Crippen LogP contribution is -2.28. The molecular formula is C20H32N6S. The summed E-state index contributed by atoms with van der Waals surface area (Å²) in [4.78, 5) is 4.99. The Morgan fingerprint density at radius 1 is 0.926 bits per heavy atom. The molecule has 2 aliphatic heterocycles. The van der Waals surface area contributed by atoms with Gasteiger partial charge in [-0.3, -0.25) is 4.57 Å². The average molecular weight is 389 g/mol. The Kier molecular flexibility index (Phi) is 6.76. The third-order valence-electron chi connectivity index (χ3n) is 5.65. The molecule has 0 radical (unpaired) electrons. The summed E-state index contributed by atoms with van der Waals surface area (Å²) < 4.78 is 2.18. The highest BCUT2D eigenvalue weighted by molar-refractivity contribution is 7.17. The lowest BCUT2D eigenvalue weighted by atomic mass is 10.2. The van der Waals surface area contributed by atoms with Gasteiger partial charge in [-0.1, -0.05) is 24.2 Å². The number of rotatable bonds is 8. The largest absolute Gasteiger partial charge is 0.347 e. The van der Waals surface area contributed by atoms with Crippen LogP contribution in [-0.2, 0) is 6.54 Å². The Morgan fingerprint density at radius 2 is 1.67 bits per heavy atom. The number of hydrogen-bond acceptors (Lipinski definition) is 6. The Bertz CT molecular complexity index is 682. The van der Waals surface area contributed by atoms with Crippen LogP contribution in [0.15, 0.2) is 18.3 Å². The van der Waals surface area contributed by atoms with Crippen molar-refractivity contribution in [1.82, 2.24) is 25.0 Å². The molecule has 2 saturated heterocycles. The first-order valence-corrected chi connectivity index (χ1v) is 11.4. The van der Waals surface area contributed by atoms with E-state index in [4.69, 9.17) is 0 Å². The molecule has 0 spiro atoms. The molecule has 0 saturated carbocycles. The zero-order valence-electron chi connectivity index (χ0n) is 16.3. The molecule has 148 valence electrons. The molecule has 6 nitrogen and oxygen atoms in total. The second-order valence-electron chi connectivity index (χ2n) is 7.72. The molecule has 4 rings (SSSR count). The van der Waals surface area contributed by atoms with Crippen LogP contribution in [0.3, 0.4) is 0 Å². The molecule has 0 unspecified atom stereocenters. The van der Waals surface area contributed by atoms with E-state index in [-0.39, 0.29) is 0 Å². The van der Waals surface area contributed by atoms with E-state index in [1.807, 2.05) is 0 Å². The van der Waals surface area contributed by atoms with Gasteiger partial charge in [-0.25, -0.2) is 0 Å². The molecule has 1 N–H and O–H groups in total. The molecule has 2 aliphatic rings. The summed E-state index contributed by atoms with van der Waals surface area (Å²) in [7, 11) is 0. The number of anilines is 1. The molecule has 0 bridgehead atoms. The Hall–Kier alpha value is -1.44. The van der Waals surface area contributed by atoms with Gasteiger partial charge in [-0.15, -0.1) is 10.2 Å². The van der Waals surface area contributed by atoms with Crippen molar-refractivity contribution >= 4 is 16.5 Å². The fourth-order valence-corrected chi connectivity index (χ4v) is 5.01. The fourth-order valence-electron chi connectivity index (χ4n) is 4.09. The van der Waals surface area contributed by atoms with Crippen molar-refractivity contribution in [3.05, 3.63) is 24.0 Å². The molecule has 0 aliphatic carbocycles. The normalized spacial score (nSPS) is 18.9. The SMILES string of the molecule is c1cc(CNCCCN2CCCCCC2)n(-c2nnc(N3CCCC3)s2)c1. The van der Waals surface area contributed by atoms with Gasteiger partial charge in [-0.2, -0.15) is 0 Å². The number of likely N-dealkylation sites (tertiary alicyclic amines) is 1. The number of hydrogen-bond donors (Lipinski definition) is 1. The van der Waals surface area contributed by atoms with Crippen LogP contribution in [0.4, 0.5) is 5.13 Å². The number of nitrogens with zero attached hydrogens (tertiary/aromatic N) is 5. The van der Waals surface area contributed by atoms with E-state index in [2.05, 4.69) is 48.2 Å². The zero-order valence-corrected chi connectivity index (χ0v) is 17.1. The van der Waals surface area contributed by atoms with Crippen LogP contribution in [0, 0.1) is 0 Å². The maximum Gasteiger partial charge on any atom is 0.218 e. The first-order valence-electron chi connectivity index (χ1n) is 10.6. The van der Waals surface area contributed by atoms with Crippen LogP contribution < -0.4 is 10.2 Å². The van der Waals surface area contributed by atoms with E-state index in [9.17, 15) is 0 Å². The lowest BCUT2D eigenvalue weighted by Gasteiger charge is -2.19. The van der Waals surface area contributed by atoms with Gasteiger partial charge >= 0.3 is 0 Å². The van der Waals surface area contributed by atoms with Crippen molar-refractivity contribution in [2.24, 2.45) is 0 Å². The van der Waals surface area contributed by atoms with Crippen LogP contribution in [0.2, 0.25) is 0 Å². The third-order valence-corrected chi connectivity index (χ3v) is 6.64. The van der Waals surface area contributed by atoms with E-state index in [1.54, 1.807) is 11.3 Å². The fraction of sp³-hybridized carbons (Fsp3) is 0.700. The molecule has 2 fully saturated rings. The predicted molar refractivity (Wildman–Crippen MR) is 112 cm³/mol. The van der Waals surface area contributed by atoms with Gasteiger partial charge < -0.3 is 15.1 Å². The van der Waals surface area contributed by atoms with Crippen molar-refractivity contribution in [1.29, 1.82) is 0 Å². The van der Waals surface area contributed by atoms with E-state index >= 15 is 0 Å². The summed E-state index contributed by atoms with van der Waals surface area (Å²) in [5, 5.41) is 14.5. The topological polar surface area (TPSA) is 49.2 Å². The molecular weight excluding hydrogens is 356 g/mol. The van der Waals surface area contributed by atoms with Crippen molar-refractivity contribution in [2.75, 3.05) is 44.2 Å². The molecule has 4 heterocycles. The second-order valence-corrected chi connectivity index (χ2v) is 8.65. The van der Waals surface area contributed by atoms with E-state index < -0.39 is 0 Å². The first-order chi connectivity index (χ1) is 13.4. The van der Waals surface area contributed by atoms with Gasteiger partial charge in [0.2, 0.25) is 10.3 Å². The van der Waals surface area contributed by atoms with E-state index in [1.165, 1.54) is 70.3 Å². The van der Waals surface area contributed by atoms with Gasteiger partial charge in [0.25, 0.3) is 0 Å². The average Bonchev–Trinajstić information content (AvgIpc) is 3.41. The first kappa shape index (κ1) is 18.9. The minimum absolute atomic E-state index is 0.881. The lowest BCUT2D eigenvalue weighted by molar-refractivity contribution is 0.280. The maximum absolute atomic E-state index is 4.43. The van der Waals surface area contributed by atoms with Crippen molar-refractivity contribution in [3.8, 4) is 5.13 Å². The Balaban J connectivity index is 1.24. The summed E-state index contributed by atoms with van der Waals surface area (Å²) in [6.07, 6.45) is 11.4. The van der Waals surface area contributed by atoms with Gasteiger partial charge in [-0.05, 0) is 70.4 Å². The van der Waals surface area contributed by atoms with E-state index in [0.717, 1.165) is 36.4 Å². The van der Waals surface area contributed by atoms with Crippen LogP contribution in [0.1, 0.15) is 50.6 Å². The molecule has 7 heteroatoms. The summed E-state index contributed by atoms with van der Waals surface area (Å²) in [5.74, 6) is 0. The molecule has 27 heavy (non-hydrogen) atoms. The summed E-state index contributed by atoms with van der Waals surface area (Å²) in [6, 6.07) is 4.28. The van der Waals surface area contributed by atoms with Gasteiger partial charge in [0.15, 0.2) is 0 Å². The van der Waals surface area contributed by atoms with Crippen LogP contribution in [-0.4, -0.2) is 58.9 Å². The maximum atomic E-state index is 4.43. The smallest absolute Gasteiger partial charge is 0.218 e. The standard InChI is InChI=1S/C20H32N6S/c1-2-4-12-24(11-3-1)13-8-10-21-17-18-9-7-16-26(18)20-23-22-19(27-20)25-14-5-6-15-25/h7,9,16,21H,1-6,8,10-15,17H2. The molecule has 0 atom stereocenters. The minimum Gasteiger partial charge on any atom is -0.347 e. The minimum atomic E-state index is 0.881. The Morgan fingerprint density at radius 3 is 2.48 bits per heavy atom. The second kappa shape index (κ2) is 9.66. The number of aromatic nitrogens is 3. The monoisotopic (exact) mass is 388 g/mol. The van der Waals surface area contributed by atoms with E-state index in [0.29, 0.717) is 0 Å². The highest BCUT2D eigenvalue weighted by Crippen LogP contribution is 2.27. The van der Waals surface area contributed by atoms with Crippen molar-refractivity contribution in [3.63, 3.8) is 0 Å². The summed E-state index contributed by atoms with van der Waals surface area (Å²) in [5.41, 5.74) is 1.26. The van der Waals surface area contributed by atoms with Gasteiger partial charge in [0.05, 0.1) is 0 Å². The number of nitrogens with one attached hydrogen (secondary N) is 1. The molecule has 2 aromatic heterocycles. The highest BCUT2D eigenvalue weighted by atomic mass is 32.1. The Labute approximate surface area is 166 Å². The van der Waals surface area contributed by atoms with Crippen molar-refractivity contribution in [2.45, 2.75) is 51.5 Å². The van der Waals surface area contributed by atoms with Crippen LogP contribution in [0.5, 0.6) is 0 Å². The quantitative estimate of drug-likeness (QED) is 0.703. The molecule has 0 aromatic carbocycles. The zero-order chi connectivity index (χ0) is 18.3. The van der Waals surface area contributed by atoms with Crippen LogP contribution >= 0.6 is 11.3 Å². The van der Waals surface area contributed by atoms with Crippen LogP contribution in [0.25, 0.3) is 5.13 Å². The van der Waals surface area contributed by atoms with Gasteiger partial charge in [0.1, 0.15) is 0 Å². The highest BCUT2D eigenvalue weighted by Gasteiger charge is 2.18. The summed E-state index contributed by atoms with van der Waals surface area (Å²) >= 11 is 1.70. The summed E-state index contributed by atoms with van der Waals surface area (Å²) in [6.45, 7) is 7.99. The predicted octanol–water partition coefficient (Wildman–Crippen LogP) is 3.28. The molecule has 2 aromatic rings. The third kappa shape index (κ3) is 5.09. The van der Waals surface area contributed by atoms with Crippen molar-refractivity contribution < 1.29 is 0 Å².